The second-order valence-electron chi connectivity index (χ2n) is 7.00. The average molecular weight is 388 g/mol. The monoisotopic (exact) mass is 388 g/mol. The van der Waals surface area contributed by atoms with Gasteiger partial charge >= 0.3 is 12.0 Å². The molecule has 8 nitrogen and oxygen atoms in total. The third-order valence-electron chi connectivity index (χ3n) is 5.06. The Morgan fingerprint density at radius 1 is 1.18 bits per heavy atom. The molecule has 1 saturated heterocycles. The third kappa shape index (κ3) is 4.63. The Labute approximate surface area is 165 Å². The maximum Gasteiger partial charge on any atom is 0.338 e. The molecule has 2 aliphatic rings. The molecule has 0 bridgehead atoms. The van der Waals surface area contributed by atoms with Crippen LogP contribution in [0.15, 0.2) is 35.5 Å². The third-order valence-corrected chi connectivity index (χ3v) is 5.06. The lowest BCUT2D eigenvalue weighted by Crippen LogP contribution is -2.51. The highest BCUT2D eigenvalue weighted by molar-refractivity contribution is 5.95. The molecular weight excluding hydrogens is 360 g/mol. The van der Waals surface area contributed by atoms with Crippen molar-refractivity contribution in [1.29, 1.82) is 0 Å². The van der Waals surface area contributed by atoms with Crippen LogP contribution in [0.3, 0.4) is 0 Å². The van der Waals surface area contributed by atoms with Gasteiger partial charge in [-0.05, 0) is 31.7 Å². The summed E-state index contributed by atoms with van der Waals surface area (Å²) in [5.74, 6) is 0.295. The van der Waals surface area contributed by atoms with Crippen LogP contribution in [-0.2, 0) is 9.53 Å². The molecule has 0 radical (unpaired) electrons. The molecule has 0 aromatic heterocycles. The zero-order chi connectivity index (χ0) is 20.1. The quantitative estimate of drug-likeness (QED) is 0.711. The number of urea groups is 1. The van der Waals surface area contributed by atoms with Gasteiger partial charge in [0, 0.05) is 38.4 Å². The number of esters is 1. The van der Waals surface area contributed by atoms with Crippen molar-refractivity contribution in [1.82, 2.24) is 20.4 Å². The second-order valence-corrected chi connectivity index (χ2v) is 7.00. The van der Waals surface area contributed by atoms with Crippen molar-refractivity contribution in [2.24, 2.45) is 0 Å². The van der Waals surface area contributed by atoms with E-state index in [1.54, 1.807) is 0 Å². The number of carbonyl (C=O) groups excluding carboxylic acids is 2. The summed E-state index contributed by atoms with van der Waals surface area (Å²) in [6.07, 6.45) is 0. The fourth-order valence-electron chi connectivity index (χ4n) is 3.50. The van der Waals surface area contributed by atoms with Gasteiger partial charge in [0.1, 0.15) is 5.75 Å². The first-order chi connectivity index (χ1) is 13.5. The Balaban J connectivity index is 1.90. The Morgan fingerprint density at radius 2 is 1.86 bits per heavy atom. The number of nitrogens with one attached hydrogen (secondary N) is 2. The van der Waals surface area contributed by atoms with Crippen LogP contribution in [0.4, 0.5) is 4.79 Å². The molecule has 1 atom stereocenters. The molecule has 1 fully saturated rings. The molecule has 0 aliphatic carbocycles. The van der Waals surface area contributed by atoms with Crippen molar-refractivity contribution in [3.63, 3.8) is 0 Å². The molecule has 0 saturated carbocycles. The van der Waals surface area contributed by atoms with Crippen LogP contribution < -0.4 is 15.4 Å². The van der Waals surface area contributed by atoms with E-state index in [0.29, 0.717) is 24.4 Å². The van der Waals surface area contributed by atoms with E-state index in [9.17, 15) is 9.59 Å². The number of hydrogen-bond acceptors (Lipinski definition) is 6. The summed E-state index contributed by atoms with van der Waals surface area (Å²) >= 11 is 0. The summed E-state index contributed by atoms with van der Waals surface area (Å²) in [5, 5.41) is 5.67. The van der Waals surface area contributed by atoms with Gasteiger partial charge < -0.3 is 25.0 Å². The Bertz CT molecular complexity index is 739. The molecule has 1 aromatic carbocycles. The van der Waals surface area contributed by atoms with Gasteiger partial charge in [-0.15, -0.1) is 0 Å². The van der Waals surface area contributed by atoms with Gasteiger partial charge in [0.2, 0.25) is 0 Å². The number of rotatable bonds is 6. The van der Waals surface area contributed by atoms with Gasteiger partial charge in [-0.3, -0.25) is 4.90 Å². The molecule has 152 valence electrons. The number of carbonyl (C=O) groups is 2. The van der Waals surface area contributed by atoms with E-state index in [4.69, 9.17) is 9.47 Å². The van der Waals surface area contributed by atoms with Gasteiger partial charge in [-0.1, -0.05) is 12.1 Å². The van der Waals surface area contributed by atoms with Crippen LogP contribution in [-0.4, -0.2) is 75.3 Å². The minimum atomic E-state index is -0.570. The predicted molar refractivity (Wildman–Crippen MR) is 105 cm³/mol. The zero-order valence-corrected chi connectivity index (χ0v) is 16.7. The van der Waals surface area contributed by atoms with Crippen LogP contribution in [0.25, 0.3) is 0 Å². The summed E-state index contributed by atoms with van der Waals surface area (Å²) in [6, 6.07) is 6.49. The number of hydrogen-bond donors (Lipinski definition) is 2. The molecular formula is C20H28N4O4. The Hall–Kier alpha value is -2.58. The van der Waals surface area contributed by atoms with E-state index in [-0.39, 0.29) is 6.03 Å². The Kier molecular flexibility index (Phi) is 6.53. The van der Waals surface area contributed by atoms with E-state index in [0.717, 1.165) is 37.5 Å². The molecule has 8 heteroatoms. The van der Waals surface area contributed by atoms with Crippen LogP contribution in [0.2, 0.25) is 0 Å². The number of methoxy groups -OCH3 is 1. The van der Waals surface area contributed by atoms with Crippen LogP contribution in [0.1, 0.15) is 18.5 Å². The molecule has 2 N–H and O–H groups in total. The molecule has 2 aliphatic heterocycles. The fraction of sp³-hybridized carbons (Fsp3) is 0.500. The van der Waals surface area contributed by atoms with Crippen molar-refractivity contribution in [3.8, 4) is 5.75 Å². The number of piperazine rings is 1. The van der Waals surface area contributed by atoms with Gasteiger partial charge in [0.05, 0.1) is 25.3 Å². The molecule has 1 aromatic rings. The largest absolute Gasteiger partial charge is 0.494 e. The van der Waals surface area contributed by atoms with Gasteiger partial charge in [0.15, 0.2) is 0 Å². The molecule has 28 heavy (non-hydrogen) atoms. The van der Waals surface area contributed by atoms with Crippen molar-refractivity contribution in [3.05, 3.63) is 41.1 Å². The van der Waals surface area contributed by atoms with Gasteiger partial charge in [0.25, 0.3) is 0 Å². The van der Waals surface area contributed by atoms with Gasteiger partial charge in [-0.2, -0.15) is 0 Å². The average Bonchev–Trinajstić information content (AvgIpc) is 2.69. The lowest BCUT2D eigenvalue weighted by atomic mass is 9.95. The first kappa shape index (κ1) is 20.2. The van der Waals surface area contributed by atoms with E-state index >= 15 is 0 Å². The number of ether oxygens (including phenoxy) is 2. The number of likely N-dealkylation sites (N-methyl/N-ethyl adjacent to an activating group) is 1. The number of amides is 2. The van der Waals surface area contributed by atoms with E-state index in [2.05, 4.69) is 27.5 Å². The molecule has 3 rings (SSSR count). The van der Waals surface area contributed by atoms with E-state index in [1.165, 1.54) is 7.11 Å². The number of benzene rings is 1. The highest BCUT2D eigenvalue weighted by Crippen LogP contribution is 2.29. The predicted octanol–water partition coefficient (Wildman–Crippen LogP) is 1.11. The van der Waals surface area contributed by atoms with Crippen molar-refractivity contribution >= 4 is 12.0 Å². The second kappa shape index (κ2) is 9.07. The highest BCUT2D eigenvalue weighted by atomic mass is 16.5. The minimum Gasteiger partial charge on any atom is -0.494 e. The van der Waals surface area contributed by atoms with Crippen molar-refractivity contribution < 1.29 is 19.1 Å². The summed E-state index contributed by atoms with van der Waals surface area (Å²) in [5.41, 5.74) is 1.83. The molecule has 2 amide bonds. The van der Waals surface area contributed by atoms with Crippen molar-refractivity contribution in [2.75, 3.05) is 53.5 Å². The van der Waals surface area contributed by atoms with E-state index in [1.807, 2.05) is 31.2 Å². The maximum absolute atomic E-state index is 12.6. The molecule has 0 spiro atoms. The first-order valence-electron chi connectivity index (χ1n) is 9.54. The first-order valence-corrected chi connectivity index (χ1v) is 9.54. The fourth-order valence-corrected chi connectivity index (χ4v) is 3.50. The maximum atomic E-state index is 12.6. The zero-order valence-electron chi connectivity index (χ0n) is 16.7. The van der Waals surface area contributed by atoms with Crippen LogP contribution in [0.5, 0.6) is 5.75 Å². The SMILES string of the molecule is CCOc1ccc([C@H]2NC(=O)NC(CN3CCN(C)CC3)=C2C(=O)OC)cc1. The number of nitrogens with zero attached hydrogens (tertiary/aromatic N) is 2. The summed E-state index contributed by atoms with van der Waals surface area (Å²) in [6.45, 7) is 6.66. The summed E-state index contributed by atoms with van der Waals surface area (Å²) in [7, 11) is 3.44. The van der Waals surface area contributed by atoms with E-state index < -0.39 is 12.0 Å². The van der Waals surface area contributed by atoms with Crippen molar-refractivity contribution in [2.45, 2.75) is 13.0 Å². The van der Waals surface area contributed by atoms with Gasteiger partial charge in [-0.25, -0.2) is 9.59 Å². The van der Waals surface area contributed by atoms with Crippen LogP contribution >= 0.6 is 0 Å². The smallest absolute Gasteiger partial charge is 0.338 e. The molecule has 0 unspecified atom stereocenters. The lowest BCUT2D eigenvalue weighted by molar-refractivity contribution is -0.136. The topological polar surface area (TPSA) is 83.1 Å². The standard InChI is InChI=1S/C20H28N4O4/c1-4-28-15-7-5-14(6-8-15)18-17(19(25)27-3)16(21-20(26)22-18)13-24-11-9-23(2)10-12-24/h5-8,18H,4,9-13H2,1-3H3,(H2,21,22,26)/t18-/m1/s1. The summed E-state index contributed by atoms with van der Waals surface area (Å²) in [4.78, 5) is 29.4. The molecule has 2 heterocycles. The Morgan fingerprint density at radius 3 is 2.46 bits per heavy atom. The minimum absolute atomic E-state index is 0.323. The van der Waals surface area contributed by atoms with Crippen LogP contribution in [0, 0.1) is 0 Å². The highest BCUT2D eigenvalue weighted by Gasteiger charge is 2.34. The normalized spacial score (nSPS) is 21.1. The lowest BCUT2D eigenvalue weighted by Gasteiger charge is -2.35. The summed E-state index contributed by atoms with van der Waals surface area (Å²) < 4.78 is 10.5.